The van der Waals surface area contributed by atoms with Crippen LogP contribution in [0.25, 0.3) is 0 Å². The second kappa shape index (κ2) is 8.06. The standard InChI is InChI=1S/C19H22F4N2O3/c20-14-2-4-15(5-3-14)25-13-18(28-12-17(25)27)7-1-10-24(11-9-18)16(26)6-8-19(21,22)23/h2-5H,1,6-13H2. The van der Waals surface area contributed by atoms with E-state index in [1.165, 1.54) is 29.2 Å². The van der Waals surface area contributed by atoms with Crippen molar-refractivity contribution < 1.29 is 31.9 Å². The zero-order valence-electron chi connectivity index (χ0n) is 15.3. The quantitative estimate of drug-likeness (QED) is 0.730. The Kier molecular flexibility index (Phi) is 5.92. The number of carbonyl (C=O) groups excluding carboxylic acids is 2. The summed E-state index contributed by atoms with van der Waals surface area (Å²) in [6.07, 6.45) is -4.46. The minimum atomic E-state index is -4.36. The molecule has 28 heavy (non-hydrogen) atoms. The summed E-state index contributed by atoms with van der Waals surface area (Å²) in [5.74, 6) is -1.15. The molecule has 1 atom stereocenters. The molecule has 1 aromatic rings. The molecule has 2 heterocycles. The van der Waals surface area contributed by atoms with Crippen LogP contribution < -0.4 is 4.90 Å². The molecule has 0 aromatic heterocycles. The zero-order chi connectivity index (χ0) is 20.4. The molecule has 9 heteroatoms. The molecule has 2 saturated heterocycles. The van der Waals surface area contributed by atoms with Crippen molar-refractivity contribution in [1.29, 1.82) is 0 Å². The van der Waals surface area contributed by atoms with E-state index in [2.05, 4.69) is 0 Å². The van der Waals surface area contributed by atoms with Crippen molar-refractivity contribution in [3.63, 3.8) is 0 Å². The maximum Gasteiger partial charge on any atom is 0.389 e. The lowest BCUT2D eigenvalue weighted by Crippen LogP contribution is -2.55. The molecule has 2 amide bonds. The molecule has 0 radical (unpaired) electrons. The van der Waals surface area contributed by atoms with Gasteiger partial charge in [0.25, 0.3) is 5.91 Å². The molecule has 0 saturated carbocycles. The van der Waals surface area contributed by atoms with Crippen molar-refractivity contribution in [2.45, 2.75) is 43.9 Å². The Morgan fingerprint density at radius 3 is 2.54 bits per heavy atom. The topological polar surface area (TPSA) is 49.9 Å². The van der Waals surface area contributed by atoms with Crippen molar-refractivity contribution >= 4 is 17.5 Å². The summed E-state index contributed by atoms with van der Waals surface area (Å²) in [6.45, 7) is 0.788. The van der Waals surface area contributed by atoms with Crippen molar-refractivity contribution in [2.75, 3.05) is 31.1 Å². The van der Waals surface area contributed by atoms with Crippen LogP contribution in [0, 0.1) is 5.82 Å². The number of amides is 2. The number of anilines is 1. The minimum absolute atomic E-state index is 0.126. The normalized spacial score (nSPS) is 23.8. The summed E-state index contributed by atoms with van der Waals surface area (Å²) in [5, 5.41) is 0. The molecule has 5 nitrogen and oxygen atoms in total. The van der Waals surface area contributed by atoms with E-state index in [1.807, 2.05) is 0 Å². The number of hydrogen-bond acceptors (Lipinski definition) is 3. The number of benzene rings is 1. The molecule has 0 aliphatic carbocycles. The van der Waals surface area contributed by atoms with Gasteiger partial charge in [-0.1, -0.05) is 0 Å². The molecule has 3 rings (SSSR count). The molecule has 1 spiro atoms. The lowest BCUT2D eigenvalue weighted by Gasteiger charge is -2.42. The average Bonchev–Trinajstić information content (AvgIpc) is 2.85. The lowest BCUT2D eigenvalue weighted by atomic mass is 9.92. The van der Waals surface area contributed by atoms with Gasteiger partial charge in [-0.3, -0.25) is 9.59 Å². The van der Waals surface area contributed by atoms with Crippen LogP contribution in [0.15, 0.2) is 24.3 Å². The smallest absolute Gasteiger partial charge is 0.363 e. The number of nitrogens with zero attached hydrogens (tertiary/aromatic N) is 2. The van der Waals surface area contributed by atoms with Gasteiger partial charge in [0, 0.05) is 25.2 Å². The largest absolute Gasteiger partial charge is 0.389 e. The van der Waals surface area contributed by atoms with Gasteiger partial charge in [-0.2, -0.15) is 13.2 Å². The Hall–Kier alpha value is -2.16. The Bertz CT molecular complexity index is 723. The molecule has 2 aliphatic rings. The van der Waals surface area contributed by atoms with E-state index in [4.69, 9.17) is 4.74 Å². The summed E-state index contributed by atoms with van der Waals surface area (Å²) >= 11 is 0. The molecular formula is C19H22F4N2O3. The van der Waals surface area contributed by atoms with Gasteiger partial charge < -0.3 is 14.5 Å². The van der Waals surface area contributed by atoms with E-state index in [1.54, 1.807) is 4.90 Å². The highest BCUT2D eigenvalue weighted by atomic mass is 19.4. The van der Waals surface area contributed by atoms with Crippen LogP contribution >= 0.6 is 0 Å². The van der Waals surface area contributed by atoms with E-state index >= 15 is 0 Å². The molecular weight excluding hydrogens is 380 g/mol. The number of rotatable bonds is 3. The van der Waals surface area contributed by atoms with Gasteiger partial charge in [0.2, 0.25) is 5.91 Å². The summed E-state index contributed by atoms with van der Waals surface area (Å²) in [7, 11) is 0. The third-order valence-electron chi connectivity index (χ3n) is 5.26. The van der Waals surface area contributed by atoms with Crippen molar-refractivity contribution in [3.8, 4) is 0 Å². The van der Waals surface area contributed by atoms with E-state index in [0.29, 0.717) is 31.5 Å². The Labute approximate surface area is 160 Å². The van der Waals surface area contributed by atoms with Crippen molar-refractivity contribution in [3.05, 3.63) is 30.1 Å². The molecule has 154 valence electrons. The van der Waals surface area contributed by atoms with Gasteiger partial charge >= 0.3 is 6.18 Å². The zero-order valence-corrected chi connectivity index (χ0v) is 15.3. The third kappa shape index (κ3) is 5.01. The van der Waals surface area contributed by atoms with Crippen LogP contribution in [0.5, 0.6) is 0 Å². The first-order valence-electron chi connectivity index (χ1n) is 9.22. The second-order valence-electron chi connectivity index (χ2n) is 7.28. The SMILES string of the molecule is O=C(CCC(F)(F)F)N1CCCC2(CC1)CN(c1ccc(F)cc1)C(=O)CO2. The number of alkyl halides is 3. The van der Waals surface area contributed by atoms with Crippen LogP contribution in [0.4, 0.5) is 23.2 Å². The highest BCUT2D eigenvalue weighted by molar-refractivity contribution is 5.95. The van der Waals surface area contributed by atoms with Gasteiger partial charge in [-0.15, -0.1) is 0 Å². The Morgan fingerprint density at radius 1 is 1.14 bits per heavy atom. The van der Waals surface area contributed by atoms with Crippen LogP contribution in [-0.4, -0.2) is 54.7 Å². The van der Waals surface area contributed by atoms with Crippen LogP contribution in [0.3, 0.4) is 0 Å². The predicted octanol–water partition coefficient (Wildman–Crippen LogP) is 3.28. The number of ether oxygens (including phenoxy) is 1. The van der Waals surface area contributed by atoms with Gasteiger partial charge in [-0.25, -0.2) is 4.39 Å². The summed E-state index contributed by atoms with van der Waals surface area (Å²) < 4.78 is 56.1. The first-order chi connectivity index (χ1) is 13.2. The van der Waals surface area contributed by atoms with E-state index < -0.39 is 36.3 Å². The van der Waals surface area contributed by atoms with Crippen molar-refractivity contribution in [2.24, 2.45) is 0 Å². The predicted molar refractivity (Wildman–Crippen MR) is 93.2 cm³/mol. The highest BCUT2D eigenvalue weighted by Crippen LogP contribution is 2.33. The summed E-state index contributed by atoms with van der Waals surface area (Å²) in [6, 6.07) is 5.60. The van der Waals surface area contributed by atoms with Gasteiger partial charge in [-0.05, 0) is 43.5 Å². The van der Waals surface area contributed by atoms with Gasteiger partial charge in [0.1, 0.15) is 12.4 Å². The Morgan fingerprint density at radius 2 is 1.86 bits per heavy atom. The Balaban J connectivity index is 1.65. The number of likely N-dealkylation sites (tertiary alicyclic amines) is 1. The van der Waals surface area contributed by atoms with E-state index in [9.17, 15) is 27.2 Å². The highest BCUT2D eigenvalue weighted by Gasteiger charge is 2.42. The lowest BCUT2D eigenvalue weighted by molar-refractivity contribution is -0.149. The minimum Gasteiger partial charge on any atom is -0.363 e. The molecule has 1 unspecified atom stereocenters. The van der Waals surface area contributed by atoms with E-state index in [0.717, 1.165) is 0 Å². The molecule has 1 aromatic carbocycles. The third-order valence-corrected chi connectivity index (χ3v) is 5.26. The fraction of sp³-hybridized carbons (Fsp3) is 0.579. The maximum atomic E-state index is 13.2. The molecule has 2 fully saturated rings. The maximum absolute atomic E-state index is 13.2. The summed E-state index contributed by atoms with van der Waals surface area (Å²) in [4.78, 5) is 27.4. The molecule has 0 bridgehead atoms. The molecule has 0 N–H and O–H groups in total. The monoisotopic (exact) mass is 402 g/mol. The number of halogens is 4. The van der Waals surface area contributed by atoms with Gasteiger partial charge in [0.15, 0.2) is 0 Å². The fourth-order valence-electron chi connectivity index (χ4n) is 3.70. The fourth-order valence-corrected chi connectivity index (χ4v) is 3.70. The second-order valence-corrected chi connectivity index (χ2v) is 7.28. The van der Waals surface area contributed by atoms with Crippen LogP contribution in [0.1, 0.15) is 32.1 Å². The number of morpholine rings is 1. The average molecular weight is 402 g/mol. The first-order valence-corrected chi connectivity index (χ1v) is 9.22. The number of hydrogen-bond donors (Lipinski definition) is 0. The molecule has 2 aliphatic heterocycles. The van der Waals surface area contributed by atoms with E-state index in [-0.39, 0.29) is 25.6 Å². The van der Waals surface area contributed by atoms with Gasteiger partial charge in [0.05, 0.1) is 18.6 Å². The summed E-state index contributed by atoms with van der Waals surface area (Å²) in [5.41, 5.74) is -0.0992. The van der Waals surface area contributed by atoms with Crippen molar-refractivity contribution in [1.82, 2.24) is 4.90 Å². The van der Waals surface area contributed by atoms with Crippen LogP contribution in [0.2, 0.25) is 0 Å². The first kappa shape index (κ1) is 20.6. The van der Waals surface area contributed by atoms with Crippen LogP contribution in [-0.2, 0) is 14.3 Å². The number of carbonyl (C=O) groups is 2.